The minimum Gasteiger partial charge on any atom is -0.381 e. The molecule has 0 aliphatic rings. The van der Waals surface area contributed by atoms with Gasteiger partial charge in [-0.15, -0.1) is 11.8 Å². The van der Waals surface area contributed by atoms with E-state index in [0.717, 1.165) is 36.3 Å². The van der Waals surface area contributed by atoms with Crippen molar-refractivity contribution in [1.29, 1.82) is 0 Å². The first-order valence-electron chi connectivity index (χ1n) is 5.40. The normalized spacial score (nSPS) is 10.9. The highest BCUT2D eigenvalue weighted by atomic mass is 32.2. The van der Waals surface area contributed by atoms with Gasteiger partial charge in [0.2, 0.25) is 0 Å². The van der Waals surface area contributed by atoms with Crippen molar-refractivity contribution in [1.82, 2.24) is 4.98 Å². The van der Waals surface area contributed by atoms with Crippen LogP contribution in [0.15, 0.2) is 29.4 Å². The van der Waals surface area contributed by atoms with Crippen molar-refractivity contribution in [3.8, 4) is 0 Å². The van der Waals surface area contributed by atoms with Gasteiger partial charge in [0.25, 0.3) is 0 Å². The summed E-state index contributed by atoms with van der Waals surface area (Å²) in [6, 6.07) is 5.97. The number of rotatable bonds is 7. The summed E-state index contributed by atoms with van der Waals surface area (Å²) < 4.78 is 5.52. The summed E-state index contributed by atoms with van der Waals surface area (Å²) in [6.07, 6.45) is 2.97. The van der Waals surface area contributed by atoms with Crippen LogP contribution in [-0.4, -0.2) is 24.0 Å². The molecule has 2 nitrogen and oxygen atoms in total. The first kappa shape index (κ1) is 12.5. The number of thioether (sulfide) groups is 1. The molecule has 1 rings (SSSR count). The van der Waals surface area contributed by atoms with Crippen molar-refractivity contribution in [3.05, 3.63) is 24.4 Å². The molecular formula is C12H19NOS. The van der Waals surface area contributed by atoms with Gasteiger partial charge in [0.15, 0.2) is 0 Å². The van der Waals surface area contributed by atoms with E-state index in [0.29, 0.717) is 0 Å². The van der Waals surface area contributed by atoms with Gasteiger partial charge in [-0.1, -0.05) is 19.9 Å². The van der Waals surface area contributed by atoms with Crippen LogP contribution in [0.1, 0.15) is 20.3 Å². The minimum absolute atomic E-state index is 0.730. The third kappa shape index (κ3) is 6.52. The zero-order valence-corrected chi connectivity index (χ0v) is 10.3. The Morgan fingerprint density at radius 2 is 2.20 bits per heavy atom. The van der Waals surface area contributed by atoms with E-state index < -0.39 is 0 Å². The Morgan fingerprint density at radius 1 is 1.33 bits per heavy atom. The molecule has 0 fully saturated rings. The third-order valence-electron chi connectivity index (χ3n) is 1.95. The van der Waals surface area contributed by atoms with Gasteiger partial charge in [-0.2, -0.15) is 0 Å². The molecule has 0 unspecified atom stereocenters. The molecule has 0 saturated carbocycles. The molecule has 0 spiro atoms. The lowest BCUT2D eigenvalue weighted by Gasteiger charge is -2.05. The van der Waals surface area contributed by atoms with Crippen LogP contribution in [0.2, 0.25) is 0 Å². The van der Waals surface area contributed by atoms with E-state index >= 15 is 0 Å². The summed E-state index contributed by atoms with van der Waals surface area (Å²) in [5.74, 6) is 1.71. The lowest BCUT2D eigenvalue weighted by Crippen LogP contribution is -2.02. The molecule has 3 heteroatoms. The number of hydrogen-bond donors (Lipinski definition) is 0. The van der Waals surface area contributed by atoms with Crippen LogP contribution in [-0.2, 0) is 4.74 Å². The van der Waals surface area contributed by atoms with Gasteiger partial charge in [-0.3, -0.25) is 0 Å². The molecule has 0 amide bonds. The first-order chi connectivity index (χ1) is 7.29. The average Bonchev–Trinajstić information content (AvgIpc) is 2.24. The molecule has 0 aliphatic carbocycles. The molecule has 0 radical (unpaired) electrons. The van der Waals surface area contributed by atoms with Gasteiger partial charge in [0.05, 0.1) is 11.6 Å². The van der Waals surface area contributed by atoms with Crippen molar-refractivity contribution in [3.63, 3.8) is 0 Å². The second-order valence-electron chi connectivity index (χ2n) is 3.81. The molecule has 0 saturated heterocycles. The largest absolute Gasteiger partial charge is 0.381 e. The van der Waals surface area contributed by atoms with E-state index in [1.165, 1.54) is 0 Å². The molecule has 0 aliphatic heterocycles. The zero-order valence-electron chi connectivity index (χ0n) is 9.48. The summed E-state index contributed by atoms with van der Waals surface area (Å²) in [7, 11) is 0. The maximum absolute atomic E-state index is 5.52. The smallest absolute Gasteiger partial charge is 0.0960 e. The quantitative estimate of drug-likeness (QED) is 0.525. The highest BCUT2D eigenvalue weighted by Gasteiger charge is 1.96. The molecule has 0 N–H and O–H groups in total. The molecule has 0 atom stereocenters. The molecule has 0 bridgehead atoms. The fourth-order valence-electron chi connectivity index (χ4n) is 1.06. The first-order valence-corrected chi connectivity index (χ1v) is 6.39. The number of ether oxygens (including phenoxy) is 1. The molecule has 15 heavy (non-hydrogen) atoms. The predicted molar refractivity (Wildman–Crippen MR) is 65.2 cm³/mol. The van der Waals surface area contributed by atoms with Gasteiger partial charge in [0, 0.05) is 18.6 Å². The van der Waals surface area contributed by atoms with Crippen molar-refractivity contribution >= 4 is 11.8 Å². The second kappa shape index (κ2) is 7.71. The van der Waals surface area contributed by atoms with Crippen molar-refractivity contribution in [2.75, 3.05) is 19.0 Å². The minimum atomic E-state index is 0.730. The van der Waals surface area contributed by atoms with Crippen LogP contribution < -0.4 is 0 Å². The van der Waals surface area contributed by atoms with E-state index in [1.807, 2.05) is 24.4 Å². The highest BCUT2D eigenvalue weighted by Crippen LogP contribution is 2.13. The van der Waals surface area contributed by atoms with Crippen LogP contribution in [0.4, 0.5) is 0 Å². The van der Waals surface area contributed by atoms with Crippen LogP contribution in [0.5, 0.6) is 0 Å². The predicted octanol–water partition coefficient (Wildman–Crippen LogP) is 3.24. The Hall–Kier alpha value is -0.540. The van der Waals surface area contributed by atoms with E-state index in [9.17, 15) is 0 Å². The summed E-state index contributed by atoms with van der Waals surface area (Å²) >= 11 is 1.74. The Kier molecular flexibility index (Phi) is 6.44. The Labute approximate surface area is 96.4 Å². The Bertz CT molecular complexity index is 251. The number of nitrogens with zero attached hydrogens (tertiary/aromatic N) is 1. The lowest BCUT2D eigenvalue weighted by atomic mass is 10.1. The maximum Gasteiger partial charge on any atom is 0.0960 e. The summed E-state index contributed by atoms with van der Waals surface area (Å²) in [4.78, 5) is 4.23. The standard InChI is InChI=1S/C12H19NOS/c1-11(2)6-8-14-9-10-15-12-5-3-4-7-13-12/h3-5,7,11H,6,8-10H2,1-2H3. The van der Waals surface area contributed by atoms with Crippen LogP contribution in [0.3, 0.4) is 0 Å². The molecule has 84 valence electrons. The Balaban J connectivity index is 1.98. The molecule has 1 heterocycles. The third-order valence-corrected chi connectivity index (χ3v) is 2.86. The fourth-order valence-corrected chi connectivity index (χ4v) is 1.78. The van der Waals surface area contributed by atoms with Gasteiger partial charge >= 0.3 is 0 Å². The molecular weight excluding hydrogens is 206 g/mol. The molecule has 1 aromatic heterocycles. The van der Waals surface area contributed by atoms with Crippen LogP contribution in [0, 0.1) is 5.92 Å². The van der Waals surface area contributed by atoms with E-state index in [-0.39, 0.29) is 0 Å². The fraction of sp³-hybridized carbons (Fsp3) is 0.583. The number of hydrogen-bond acceptors (Lipinski definition) is 3. The zero-order chi connectivity index (χ0) is 10.9. The lowest BCUT2D eigenvalue weighted by molar-refractivity contribution is 0.138. The molecule has 0 aromatic carbocycles. The molecule has 1 aromatic rings. The van der Waals surface area contributed by atoms with Crippen molar-refractivity contribution in [2.45, 2.75) is 25.3 Å². The van der Waals surface area contributed by atoms with E-state index in [4.69, 9.17) is 4.74 Å². The average molecular weight is 225 g/mol. The Morgan fingerprint density at radius 3 is 2.87 bits per heavy atom. The summed E-state index contributed by atoms with van der Waals surface area (Å²) in [5, 5.41) is 1.07. The monoisotopic (exact) mass is 225 g/mol. The van der Waals surface area contributed by atoms with Gasteiger partial charge in [-0.05, 0) is 24.5 Å². The number of pyridine rings is 1. The topological polar surface area (TPSA) is 22.1 Å². The SMILES string of the molecule is CC(C)CCOCCSc1ccccn1. The second-order valence-corrected chi connectivity index (χ2v) is 4.93. The maximum atomic E-state index is 5.52. The van der Waals surface area contributed by atoms with Crippen LogP contribution in [0.25, 0.3) is 0 Å². The number of aromatic nitrogens is 1. The van der Waals surface area contributed by atoms with Crippen LogP contribution >= 0.6 is 11.8 Å². The van der Waals surface area contributed by atoms with Gasteiger partial charge in [0.1, 0.15) is 0 Å². The van der Waals surface area contributed by atoms with E-state index in [2.05, 4.69) is 18.8 Å². The van der Waals surface area contributed by atoms with E-state index in [1.54, 1.807) is 11.8 Å². The van der Waals surface area contributed by atoms with Gasteiger partial charge in [-0.25, -0.2) is 4.98 Å². The summed E-state index contributed by atoms with van der Waals surface area (Å²) in [5.41, 5.74) is 0. The van der Waals surface area contributed by atoms with Crippen molar-refractivity contribution in [2.24, 2.45) is 5.92 Å². The summed E-state index contributed by atoms with van der Waals surface area (Å²) in [6.45, 7) is 6.12. The highest BCUT2D eigenvalue weighted by molar-refractivity contribution is 7.99. The van der Waals surface area contributed by atoms with Gasteiger partial charge < -0.3 is 4.74 Å². The van der Waals surface area contributed by atoms with Crippen molar-refractivity contribution < 1.29 is 4.74 Å².